The number of rotatable bonds is 2. The first-order valence-electron chi connectivity index (χ1n) is 7.71. The Kier molecular flexibility index (Phi) is 3.58. The van der Waals surface area contributed by atoms with E-state index >= 15 is 0 Å². The van der Waals surface area contributed by atoms with Crippen LogP contribution in [0.4, 0.5) is 5.69 Å². The maximum absolute atomic E-state index is 3.56. The molecule has 0 bridgehead atoms. The zero-order chi connectivity index (χ0) is 12.4. The lowest BCUT2D eigenvalue weighted by Gasteiger charge is -2.37. The first-order valence-corrected chi connectivity index (χ1v) is 7.71. The fourth-order valence-corrected chi connectivity index (χ4v) is 4.06. The summed E-state index contributed by atoms with van der Waals surface area (Å²) in [4.78, 5) is 0. The highest BCUT2D eigenvalue weighted by atomic mass is 14.9. The van der Waals surface area contributed by atoms with Gasteiger partial charge in [0, 0.05) is 12.2 Å². The largest absolute Gasteiger partial charge is 0.385 e. The highest BCUT2D eigenvalue weighted by Crippen LogP contribution is 2.44. The molecule has 1 N–H and O–H groups in total. The van der Waals surface area contributed by atoms with Gasteiger partial charge in [0.2, 0.25) is 0 Å². The third-order valence-electron chi connectivity index (χ3n) is 5.10. The van der Waals surface area contributed by atoms with Gasteiger partial charge in [0.25, 0.3) is 0 Å². The monoisotopic (exact) mass is 243 g/mol. The fraction of sp³-hybridized carbons (Fsp3) is 0.647. The van der Waals surface area contributed by atoms with Crippen LogP contribution < -0.4 is 5.32 Å². The summed E-state index contributed by atoms with van der Waals surface area (Å²) in [6.07, 6.45) is 8.56. The molecule has 0 saturated heterocycles. The molecule has 0 aromatic heterocycles. The van der Waals surface area contributed by atoms with Crippen LogP contribution in [0.5, 0.6) is 0 Å². The molecular formula is C17H25N. The smallest absolute Gasteiger partial charge is 0.0375 e. The molecule has 1 saturated carbocycles. The van der Waals surface area contributed by atoms with Gasteiger partial charge in [-0.25, -0.2) is 0 Å². The van der Waals surface area contributed by atoms with E-state index in [0.717, 1.165) is 24.3 Å². The number of fused-ring (bicyclic) bond motifs is 1. The molecule has 0 amide bonds. The van der Waals surface area contributed by atoms with Crippen LogP contribution in [0.15, 0.2) is 24.3 Å². The molecule has 18 heavy (non-hydrogen) atoms. The molecule has 1 fully saturated rings. The molecule has 2 aliphatic rings. The van der Waals surface area contributed by atoms with Gasteiger partial charge < -0.3 is 5.32 Å². The zero-order valence-electron chi connectivity index (χ0n) is 11.5. The molecule has 1 aromatic carbocycles. The van der Waals surface area contributed by atoms with Gasteiger partial charge in [-0.2, -0.15) is 0 Å². The molecule has 3 unspecified atom stereocenters. The molecule has 0 spiro atoms. The van der Waals surface area contributed by atoms with Crippen molar-refractivity contribution in [2.45, 2.75) is 51.4 Å². The third-order valence-corrected chi connectivity index (χ3v) is 5.10. The maximum Gasteiger partial charge on any atom is 0.0375 e. The van der Waals surface area contributed by atoms with Crippen molar-refractivity contribution < 1.29 is 0 Å². The van der Waals surface area contributed by atoms with E-state index in [1.165, 1.54) is 44.2 Å². The van der Waals surface area contributed by atoms with E-state index in [9.17, 15) is 0 Å². The number of hydrogen-bond donors (Lipinski definition) is 1. The van der Waals surface area contributed by atoms with Crippen LogP contribution >= 0.6 is 0 Å². The molecule has 98 valence electrons. The average molecular weight is 243 g/mol. The Balaban J connectivity index is 1.80. The Morgan fingerprint density at radius 3 is 2.94 bits per heavy atom. The summed E-state index contributed by atoms with van der Waals surface area (Å²) < 4.78 is 0. The quantitative estimate of drug-likeness (QED) is 0.786. The van der Waals surface area contributed by atoms with Crippen LogP contribution in [-0.4, -0.2) is 6.54 Å². The molecule has 1 aliphatic heterocycles. The standard InChI is InChI=1S/C17H25N/c1-2-13-6-5-7-14(12-13)15-10-11-18-17-9-4-3-8-16(15)17/h3-4,8-9,13-15,18H,2,5-7,10-12H2,1H3. The highest BCUT2D eigenvalue weighted by molar-refractivity contribution is 5.54. The second kappa shape index (κ2) is 5.34. The fourth-order valence-electron chi connectivity index (χ4n) is 4.06. The molecule has 1 nitrogen and oxygen atoms in total. The van der Waals surface area contributed by atoms with E-state index in [2.05, 4.69) is 36.5 Å². The van der Waals surface area contributed by atoms with Crippen molar-refractivity contribution in [2.24, 2.45) is 11.8 Å². The van der Waals surface area contributed by atoms with Gasteiger partial charge in [-0.15, -0.1) is 0 Å². The first kappa shape index (κ1) is 12.1. The van der Waals surface area contributed by atoms with Crippen molar-refractivity contribution in [1.29, 1.82) is 0 Å². The summed E-state index contributed by atoms with van der Waals surface area (Å²) >= 11 is 0. The Bertz CT molecular complexity index is 398. The summed E-state index contributed by atoms with van der Waals surface area (Å²) in [7, 11) is 0. The third kappa shape index (κ3) is 2.28. The molecule has 3 atom stereocenters. The summed E-state index contributed by atoms with van der Waals surface area (Å²) in [5.41, 5.74) is 2.98. The van der Waals surface area contributed by atoms with Crippen molar-refractivity contribution >= 4 is 5.69 Å². The second-order valence-electron chi connectivity index (χ2n) is 6.11. The predicted molar refractivity (Wildman–Crippen MR) is 78.0 cm³/mol. The van der Waals surface area contributed by atoms with E-state index in [4.69, 9.17) is 0 Å². The van der Waals surface area contributed by atoms with Gasteiger partial charge in [0.1, 0.15) is 0 Å². The summed E-state index contributed by atoms with van der Waals surface area (Å²) in [6, 6.07) is 8.96. The number of benzene rings is 1. The lowest BCUT2D eigenvalue weighted by atomic mass is 9.70. The average Bonchev–Trinajstić information content (AvgIpc) is 2.47. The number of para-hydroxylation sites is 1. The molecule has 1 aliphatic carbocycles. The van der Waals surface area contributed by atoms with Crippen LogP contribution in [0.3, 0.4) is 0 Å². The lowest BCUT2D eigenvalue weighted by molar-refractivity contribution is 0.223. The van der Waals surface area contributed by atoms with E-state index < -0.39 is 0 Å². The number of anilines is 1. The van der Waals surface area contributed by atoms with Crippen LogP contribution in [0.25, 0.3) is 0 Å². The maximum atomic E-state index is 3.56. The van der Waals surface area contributed by atoms with Gasteiger partial charge in [-0.05, 0) is 48.6 Å². The van der Waals surface area contributed by atoms with Crippen molar-refractivity contribution in [1.82, 2.24) is 0 Å². The van der Waals surface area contributed by atoms with E-state index in [1.54, 1.807) is 5.56 Å². The SMILES string of the molecule is CCC1CCCC(C2CCNc3ccccc32)C1. The second-order valence-corrected chi connectivity index (χ2v) is 6.11. The van der Waals surface area contributed by atoms with Crippen molar-refractivity contribution in [3.05, 3.63) is 29.8 Å². The topological polar surface area (TPSA) is 12.0 Å². The number of nitrogens with one attached hydrogen (secondary N) is 1. The van der Waals surface area contributed by atoms with Gasteiger partial charge in [0.05, 0.1) is 0 Å². The van der Waals surface area contributed by atoms with Crippen molar-refractivity contribution in [2.75, 3.05) is 11.9 Å². The molecule has 1 aromatic rings. The minimum Gasteiger partial charge on any atom is -0.385 e. The summed E-state index contributed by atoms with van der Waals surface area (Å²) in [5, 5.41) is 3.56. The minimum absolute atomic E-state index is 0.816. The highest BCUT2D eigenvalue weighted by Gasteiger charge is 2.31. The Morgan fingerprint density at radius 1 is 1.17 bits per heavy atom. The Morgan fingerprint density at radius 2 is 2.06 bits per heavy atom. The number of hydrogen-bond acceptors (Lipinski definition) is 1. The normalized spacial score (nSPS) is 31.5. The Hall–Kier alpha value is -0.980. The van der Waals surface area contributed by atoms with Gasteiger partial charge in [0.15, 0.2) is 0 Å². The first-order chi connectivity index (χ1) is 8.88. The van der Waals surface area contributed by atoms with Crippen LogP contribution in [0.2, 0.25) is 0 Å². The van der Waals surface area contributed by atoms with Gasteiger partial charge in [-0.3, -0.25) is 0 Å². The van der Waals surface area contributed by atoms with Crippen LogP contribution in [0, 0.1) is 11.8 Å². The molecular weight excluding hydrogens is 218 g/mol. The van der Waals surface area contributed by atoms with Crippen molar-refractivity contribution in [3.8, 4) is 0 Å². The lowest BCUT2D eigenvalue weighted by Crippen LogP contribution is -2.26. The zero-order valence-corrected chi connectivity index (χ0v) is 11.5. The summed E-state index contributed by atoms with van der Waals surface area (Å²) in [6.45, 7) is 3.53. The van der Waals surface area contributed by atoms with E-state index in [-0.39, 0.29) is 0 Å². The molecule has 1 heteroatoms. The van der Waals surface area contributed by atoms with Crippen LogP contribution in [-0.2, 0) is 0 Å². The van der Waals surface area contributed by atoms with E-state index in [1.807, 2.05) is 0 Å². The summed E-state index contributed by atoms with van der Waals surface area (Å²) in [5.74, 6) is 2.74. The predicted octanol–water partition coefficient (Wildman–Crippen LogP) is 4.80. The van der Waals surface area contributed by atoms with Crippen molar-refractivity contribution in [3.63, 3.8) is 0 Å². The van der Waals surface area contributed by atoms with Crippen LogP contribution in [0.1, 0.15) is 56.9 Å². The van der Waals surface area contributed by atoms with Gasteiger partial charge in [-0.1, -0.05) is 44.4 Å². The molecule has 1 heterocycles. The van der Waals surface area contributed by atoms with Gasteiger partial charge >= 0.3 is 0 Å². The Labute approximate surface area is 111 Å². The van der Waals surface area contributed by atoms with E-state index in [0.29, 0.717) is 0 Å². The molecule has 3 rings (SSSR count). The minimum atomic E-state index is 0.816. The molecule has 0 radical (unpaired) electrons.